The van der Waals surface area contributed by atoms with Crippen LogP contribution in [-0.4, -0.2) is 140 Å². The van der Waals surface area contributed by atoms with E-state index in [0.717, 1.165) is 0 Å². The first-order chi connectivity index (χ1) is 32.0. The molecule has 0 saturated heterocycles. The van der Waals surface area contributed by atoms with Gasteiger partial charge in [-0.1, -0.05) is 30.1 Å². The normalized spacial score (nSPS) is 33.1. The quantitative estimate of drug-likeness (QED) is 0.107. The SMILES string of the molecule is CN(C)[C@@H]1C(=O)C(C(N)=O)C(=O)[C@@]2(O)C(=O)C3C(=O)c4c(O)ccc(C#CCCCCC=Cc5ccc(O)c6c5C[C@H]5C[C@H]7[C@H](N(C)C)C(=O)C(C(N)=O)C(=O)[C@@]7(O)C(=O)C5C6=O)c4C[C@H]3C[C@@H]12. The maximum atomic E-state index is 14.1. The topological polar surface area (TPSA) is 310 Å². The lowest BCUT2D eigenvalue weighted by Gasteiger charge is -2.52. The molecule has 6 aliphatic rings. The minimum atomic E-state index is -2.82. The van der Waals surface area contributed by atoms with Crippen molar-refractivity contribution in [1.82, 2.24) is 9.80 Å². The molecule has 0 heterocycles. The average molecular weight is 933 g/mol. The fourth-order valence-electron chi connectivity index (χ4n) is 12.4. The van der Waals surface area contributed by atoms with E-state index in [0.29, 0.717) is 47.9 Å². The molecule has 0 bridgehead atoms. The largest absolute Gasteiger partial charge is 0.507 e. The van der Waals surface area contributed by atoms with Gasteiger partial charge in [0, 0.05) is 23.8 Å². The smallest absolute Gasteiger partial charge is 0.235 e. The van der Waals surface area contributed by atoms with Crippen LogP contribution in [0.1, 0.15) is 81.5 Å². The first-order valence-corrected chi connectivity index (χ1v) is 22.6. The van der Waals surface area contributed by atoms with Gasteiger partial charge in [0.15, 0.2) is 69.3 Å². The standard InChI is InChI=1S/C50H52N4O14/c1-53(2)37-27-19-23-17-25-21(13-15-29(55)33(25)39(57)31(23)43(61)49(27,67)45(63)35(41(37)59)47(51)65)11-9-7-5-6-8-10-12-22-14-16-30(56)34-26(22)18-24-20-28-38(54(3)4)42(60)36(48(52)66)46(64)50(28,68)44(62)32(24)40(34)58/h9,11,13-16,23-24,27-28,31-32,35-38,55-56,67-68H,5-8,17-20H2,1-4H3,(H2,51,65)(H2,52,66)/t23-,24-,27-,28-,31?,32?,35?,36?,37-,38-,49-,50-/m0/s1. The molecule has 356 valence electrons. The van der Waals surface area contributed by atoms with Crippen LogP contribution < -0.4 is 11.5 Å². The van der Waals surface area contributed by atoms with Gasteiger partial charge in [0.1, 0.15) is 11.5 Å². The Bertz CT molecular complexity index is 2760. The van der Waals surface area contributed by atoms with Crippen LogP contribution in [-0.2, 0) is 51.2 Å². The summed E-state index contributed by atoms with van der Waals surface area (Å²) in [5.74, 6) is -16.4. The van der Waals surface area contributed by atoms with Crippen LogP contribution in [0.25, 0.3) is 6.08 Å². The molecule has 2 aromatic carbocycles. The average Bonchev–Trinajstić information content (AvgIpc) is 3.25. The number of benzene rings is 2. The van der Waals surface area contributed by atoms with Gasteiger partial charge in [-0.3, -0.25) is 57.7 Å². The molecule has 0 aliphatic heterocycles. The Morgan fingerprint density at radius 3 is 1.60 bits per heavy atom. The van der Waals surface area contributed by atoms with E-state index in [4.69, 9.17) is 11.5 Å². The van der Waals surface area contributed by atoms with Crippen molar-refractivity contribution in [2.24, 2.45) is 58.8 Å². The predicted molar refractivity (Wildman–Crippen MR) is 237 cm³/mol. The number of hydrogen-bond acceptors (Lipinski definition) is 16. The number of allylic oxidation sites excluding steroid dienone is 1. The number of unbranched alkanes of at least 4 members (excludes halogenated alkanes) is 3. The van der Waals surface area contributed by atoms with Gasteiger partial charge >= 0.3 is 0 Å². The number of amides is 2. The van der Waals surface area contributed by atoms with Crippen LogP contribution in [0.5, 0.6) is 11.5 Å². The number of aromatic hydroxyl groups is 2. The highest BCUT2D eigenvalue weighted by atomic mass is 16.3. The number of likely N-dealkylation sites (N-methyl/N-ethyl adjacent to an activating group) is 2. The summed E-state index contributed by atoms with van der Waals surface area (Å²) in [7, 11) is 6.06. The number of rotatable bonds is 9. The second-order valence-corrected chi connectivity index (χ2v) is 19.5. The van der Waals surface area contributed by atoms with Gasteiger partial charge < -0.3 is 31.9 Å². The predicted octanol–water partition coefficient (Wildman–Crippen LogP) is -0.327. The van der Waals surface area contributed by atoms with E-state index in [2.05, 4.69) is 11.8 Å². The highest BCUT2D eigenvalue weighted by molar-refractivity contribution is 6.33. The van der Waals surface area contributed by atoms with Gasteiger partial charge in [-0.05, 0) is 120 Å². The molecule has 18 nitrogen and oxygen atoms in total. The van der Waals surface area contributed by atoms with Crippen molar-refractivity contribution in [2.45, 2.75) is 74.7 Å². The Morgan fingerprint density at radius 2 is 1.13 bits per heavy atom. The molecule has 8 N–H and O–H groups in total. The first-order valence-electron chi connectivity index (χ1n) is 22.6. The third-order valence-corrected chi connectivity index (χ3v) is 15.4. The second-order valence-electron chi connectivity index (χ2n) is 19.5. The maximum Gasteiger partial charge on any atom is 0.235 e. The molecule has 0 spiro atoms. The van der Waals surface area contributed by atoms with E-state index in [1.807, 2.05) is 6.08 Å². The lowest BCUT2D eigenvalue weighted by molar-refractivity contribution is -0.183. The van der Waals surface area contributed by atoms with Crippen molar-refractivity contribution in [3.05, 3.63) is 63.7 Å². The van der Waals surface area contributed by atoms with Crippen molar-refractivity contribution < 1.29 is 68.4 Å². The summed E-state index contributed by atoms with van der Waals surface area (Å²) in [5, 5.41) is 45.4. The van der Waals surface area contributed by atoms with E-state index < -0.39 is 134 Å². The number of phenols is 2. The van der Waals surface area contributed by atoms with E-state index in [9.17, 15) is 68.4 Å². The Morgan fingerprint density at radius 1 is 0.676 bits per heavy atom. The number of nitrogens with zero attached hydrogens (tertiary/aromatic N) is 2. The molecule has 2 amide bonds. The fourth-order valence-corrected chi connectivity index (χ4v) is 12.4. The number of carbonyl (C=O) groups is 10. The fraction of sp³-hybridized carbons (Fsp3) is 0.480. The van der Waals surface area contributed by atoms with Crippen molar-refractivity contribution in [3.8, 4) is 23.3 Å². The van der Waals surface area contributed by atoms with Crippen molar-refractivity contribution in [1.29, 1.82) is 0 Å². The monoisotopic (exact) mass is 932 g/mol. The van der Waals surface area contributed by atoms with E-state index in [1.54, 1.807) is 18.2 Å². The molecule has 18 heteroatoms. The van der Waals surface area contributed by atoms with E-state index >= 15 is 0 Å². The number of ketones is 8. The van der Waals surface area contributed by atoms with Crippen molar-refractivity contribution in [2.75, 3.05) is 28.2 Å². The Kier molecular flexibility index (Phi) is 12.1. The van der Waals surface area contributed by atoms with Crippen molar-refractivity contribution in [3.63, 3.8) is 0 Å². The molecular weight excluding hydrogens is 881 g/mol. The summed E-state index contributed by atoms with van der Waals surface area (Å²) in [6, 6.07) is 3.39. The number of Topliss-reactive ketones (excluding diaryl/α,β-unsaturated/α-hetero) is 8. The summed E-state index contributed by atoms with van der Waals surface area (Å²) in [6.07, 6.45) is 6.05. The summed E-state index contributed by atoms with van der Waals surface area (Å²) < 4.78 is 0. The number of phenolic OH excluding ortho intramolecular Hbond substituents is 2. The summed E-state index contributed by atoms with van der Waals surface area (Å²) >= 11 is 0. The molecule has 0 radical (unpaired) electrons. The lowest BCUT2D eigenvalue weighted by Crippen LogP contribution is -2.74. The van der Waals surface area contributed by atoms with Gasteiger partial charge in [-0.2, -0.15) is 0 Å². The number of nitrogens with two attached hydrogens (primary N) is 2. The van der Waals surface area contributed by atoms with Crippen LogP contribution in [0.15, 0.2) is 30.3 Å². The molecule has 2 aromatic rings. The van der Waals surface area contributed by atoms with Crippen LogP contribution in [0, 0.1) is 59.2 Å². The summed E-state index contributed by atoms with van der Waals surface area (Å²) in [6.45, 7) is 0. The number of hydrogen-bond donors (Lipinski definition) is 6. The Labute approximate surface area is 390 Å². The van der Waals surface area contributed by atoms with Gasteiger partial charge in [-0.15, -0.1) is 0 Å². The molecule has 0 aromatic heterocycles. The zero-order chi connectivity index (χ0) is 49.6. The highest BCUT2D eigenvalue weighted by Gasteiger charge is 2.71. The van der Waals surface area contributed by atoms with Crippen LogP contribution in [0.3, 0.4) is 0 Å². The zero-order valence-electron chi connectivity index (χ0n) is 37.8. The third-order valence-electron chi connectivity index (χ3n) is 15.4. The van der Waals surface area contributed by atoms with E-state index in [-0.39, 0.29) is 42.6 Å². The van der Waals surface area contributed by atoms with Crippen LogP contribution >= 0.6 is 0 Å². The zero-order valence-corrected chi connectivity index (χ0v) is 37.8. The molecule has 6 aliphatic carbocycles. The van der Waals surface area contributed by atoms with Crippen LogP contribution in [0.2, 0.25) is 0 Å². The molecule has 12 atom stereocenters. The summed E-state index contributed by atoms with van der Waals surface area (Å²) in [5.41, 5.74) is 6.84. The van der Waals surface area contributed by atoms with Gasteiger partial charge in [0.2, 0.25) is 11.8 Å². The summed E-state index contributed by atoms with van der Waals surface area (Å²) in [4.78, 5) is 138. The van der Waals surface area contributed by atoms with Gasteiger partial charge in [0.05, 0.1) is 35.0 Å². The second kappa shape index (κ2) is 17.2. The third kappa shape index (κ3) is 7.00. The van der Waals surface area contributed by atoms with Gasteiger partial charge in [-0.25, -0.2) is 0 Å². The number of carbonyl (C=O) groups excluding carboxylic acids is 10. The minimum Gasteiger partial charge on any atom is -0.507 e. The molecule has 4 fully saturated rings. The molecule has 8 rings (SSSR count). The molecule has 4 saturated carbocycles. The maximum absolute atomic E-state index is 14.1. The molecule has 68 heavy (non-hydrogen) atoms. The minimum absolute atomic E-state index is 0.0693. The lowest BCUT2D eigenvalue weighted by atomic mass is 9.52. The van der Waals surface area contributed by atoms with Crippen LogP contribution in [0.4, 0.5) is 0 Å². The Balaban J connectivity index is 0.952. The number of primary amides is 2. The first kappa shape index (κ1) is 48.0. The van der Waals surface area contributed by atoms with E-state index in [1.165, 1.54) is 50.1 Å². The Hall–Kier alpha value is -6.52. The molecule has 4 unspecified atom stereocenters. The number of fused-ring (bicyclic) bond motifs is 6. The number of aliphatic hydroxyl groups is 2. The van der Waals surface area contributed by atoms with Crippen molar-refractivity contribution >= 4 is 64.2 Å². The molecular formula is C50H52N4O14. The highest BCUT2D eigenvalue weighted by Crippen LogP contribution is 2.53. The van der Waals surface area contributed by atoms with Gasteiger partial charge in [0.25, 0.3) is 0 Å².